The smallest absolute Gasteiger partial charge is 0.475 e. The molecule has 58 valence electrons. The molecule has 9 heavy (non-hydrogen) atoms. The summed E-state index contributed by atoms with van der Waals surface area (Å²) in [7, 11) is 0. The first-order valence-corrected chi connectivity index (χ1v) is 1.24. The van der Waals surface area contributed by atoms with Crippen molar-refractivity contribution in [1.29, 1.82) is 0 Å². The Bertz CT molecular complexity index is 86.3. The molecule has 4 nitrogen and oxygen atoms in total. The van der Waals surface area contributed by atoms with Crippen LogP contribution in [0.2, 0.25) is 0 Å². The van der Waals surface area contributed by atoms with Gasteiger partial charge in [-0.2, -0.15) is 13.2 Å². The highest BCUT2D eigenvalue weighted by Gasteiger charge is 2.38. The third kappa shape index (κ3) is 7.18. The van der Waals surface area contributed by atoms with Crippen molar-refractivity contribution in [1.82, 2.24) is 0 Å². The molecule has 0 bridgehead atoms. The maximum Gasteiger partial charge on any atom is 0.490 e. The first-order chi connectivity index (χ1) is 2.94. The Morgan fingerprint density at radius 3 is 1.33 bits per heavy atom. The van der Waals surface area contributed by atoms with E-state index in [1.807, 2.05) is 0 Å². The van der Waals surface area contributed by atoms with Crippen LogP contribution < -0.4 is 0 Å². The molecule has 0 aliphatic heterocycles. The molecular formula is C2H5F3O4. The van der Waals surface area contributed by atoms with Crippen LogP contribution in [0.5, 0.6) is 0 Å². The summed E-state index contributed by atoms with van der Waals surface area (Å²) < 4.78 is 31.7. The van der Waals surface area contributed by atoms with Gasteiger partial charge in [0.05, 0.1) is 0 Å². The predicted molar refractivity (Wildman–Crippen MR) is 20.9 cm³/mol. The van der Waals surface area contributed by atoms with Crippen molar-refractivity contribution in [3.05, 3.63) is 0 Å². The maximum atomic E-state index is 10.6. The summed E-state index contributed by atoms with van der Waals surface area (Å²) >= 11 is 0. The van der Waals surface area contributed by atoms with E-state index in [-0.39, 0.29) is 11.0 Å². The van der Waals surface area contributed by atoms with Crippen LogP contribution in [0.25, 0.3) is 0 Å². The predicted octanol–water partition coefficient (Wildman–Crippen LogP) is -1.02. The molecule has 0 aliphatic carbocycles. The van der Waals surface area contributed by atoms with Crippen LogP contribution in [0.3, 0.4) is 0 Å². The lowest BCUT2D eigenvalue weighted by Crippen LogP contribution is -2.21. The summed E-state index contributed by atoms with van der Waals surface area (Å²) in [6.45, 7) is 0. The summed E-state index contributed by atoms with van der Waals surface area (Å²) in [4.78, 5) is 8.90. The topological polar surface area (TPSA) is 100 Å². The average Bonchev–Trinajstić information content (AvgIpc) is 1.31. The van der Waals surface area contributed by atoms with Crippen molar-refractivity contribution in [3.63, 3.8) is 0 Å². The number of carbonyl (C=O) groups is 1. The Labute approximate surface area is 47.5 Å². The van der Waals surface area contributed by atoms with Gasteiger partial charge in [-0.3, -0.25) is 0 Å². The van der Waals surface area contributed by atoms with Crippen LogP contribution >= 0.6 is 0 Å². The third-order valence-electron chi connectivity index (χ3n) is 0.243. The lowest BCUT2D eigenvalue weighted by molar-refractivity contribution is -0.192. The van der Waals surface area contributed by atoms with Crippen molar-refractivity contribution >= 4 is 5.97 Å². The van der Waals surface area contributed by atoms with E-state index < -0.39 is 12.1 Å². The van der Waals surface area contributed by atoms with E-state index in [4.69, 9.17) is 9.90 Å². The highest BCUT2D eigenvalue weighted by atomic mass is 19.4. The summed E-state index contributed by atoms with van der Waals surface area (Å²) in [5.41, 5.74) is 0. The number of hydrogen-bond donors (Lipinski definition) is 1. The highest BCUT2D eigenvalue weighted by molar-refractivity contribution is 5.73. The Morgan fingerprint density at radius 1 is 1.22 bits per heavy atom. The zero-order valence-electron chi connectivity index (χ0n) is 3.99. The summed E-state index contributed by atoms with van der Waals surface area (Å²) in [5, 5.41) is 7.12. The van der Waals surface area contributed by atoms with Gasteiger partial charge in [0.2, 0.25) is 0 Å². The molecule has 0 rings (SSSR count). The number of halogens is 3. The number of rotatable bonds is 0. The lowest BCUT2D eigenvalue weighted by atomic mass is 10.7. The first kappa shape index (κ1) is 15.7. The quantitative estimate of drug-likeness (QED) is 0.478. The summed E-state index contributed by atoms with van der Waals surface area (Å²) in [6.07, 6.45) is -5.08. The minimum atomic E-state index is -5.08. The van der Waals surface area contributed by atoms with E-state index in [9.17, 15) is 13.2 Å². The highest BCUT2D eigenvalue weighted by Crippen LogP contribution is 2.13. The summed E-state index contributed by atoms with van der Waals surface area (Å²) in [6, 6.07) is 0. The van der Waals surface area contributed by atoms with Crippen molar-refractivity contribution in [2.24, 2.45) is 0 Å². The van der Waals surface area contributed by atoms with Crippen LogP contribution in [0.15, 0.2) is 0 Å². The fourth-order valence-corrected chi connectivity index (χ4v) is 0. The molecule has 7 heteroatoms. The van der Waals surface area contributed by atoms with E-state index in [1.165, 1.54) is 0 Å². The second-order valence-electron chi connectivity index (χ2n) is 0.803. The van der Waals surface area contributed by atoms with Crippen LogP contribution in [-0.4, -0.2) is 28.2 Å². The average molecular weight is 150 g/mol. The molecule has 0 radical (unpaired) electrons. The van der Waals surface area contributed by atoms with Gasteiger partial charge in [0, 0.05) is 0 Å². The van der Waals surface area contributed by atoms with Gasteiger partial charge in [0.15, 0.2) is 0 Å². The van der Waals surface area contributed by atoms with Crippen LogP contribution in [0.4, 0.5) is 13.2 Å². The van der Waals surface area contributed by atoms with Gasteiger partial charge in [-0.25, -0.2) is 4.79 Å². The molecule has 0 aromatic carbocycles. The molecule has 0 saturated carbocycles. The van der Waals surface area contributed by atoms with Gasteiger partial charge in [-0.1, -0.05) is 0 Å². The van der Waals surface area contributed by atoms with E-state index in [0.29, 0.717) is 0 Å². The van der Waals surface area contributed by atoms with Crippen molar-refractivity contribution < 1.29 is 34.0 Å². The molecule has 5 N–H and O–H groups in total. The number of hydrogen-bond acceptors (Lipinski definition) is 1. The molecule has 0 atom stereocenters. The van der Waals surface area contributed by atoms with E-state index in [2.05, 4.69) is 0 Å². The summed E-state index contributed by atoms with van der Waals surface area (Å²) in [5.74, 6) is -2.76. The van der Waals surface area contributed by atoms with Gasteiger partial charge in [0.25, 0.3) is 0 Å². The monoisotopic (exact) mass is 150 g/mol. The minimum Gasteiger partial charge on any atom is -0.475 e. The first-order valence-electron chi connectivity index (χ1n) is 1.24. The van der Waals surface area contributed by atoms with Gasteiger partial charge in [-0.05, 0) is 0 Å². The Morgan fingerprint density at radius 2 is 1.33 bits per heavy atom. The fourth-order valence-electron chi connectivity index (χ4n) is 0. The normalized spacial score (nSPS) is 8.78. The Kier molecular flexibility index (Phi) is 7.16. The SMILES string of the molecule is O.O.O=C(O)C(F)(F)F. The van der Waals surface area contributed by atoms with Gasteiger partial charge in [0.1, 0.15) is 0 Å². The van der Waals surface area contributed by atoms with E-state index >= 15 is 0 Å². The molecule has 0 fully saturated rings. The molecular weight excluding hydrogens is 145 g/mol. The van der Waals surface area contributed by atoms with Crippen LogP contribution in [0.1, 0.15) is 0 Å². The maximum absolute atomic E-state index is 10.6. The molecule has 0 heterocycles. The molecule has 0 spiro atoms. The van der Waals surface area contributed by atoms with Crippen molar-refractivity contribution in [2.75, 3.05) is 0 Å². The second-order valence-corrected chi connectivity index (χ2v) is 0.803. The zero-order chi connectivity index (χ0) is 6.08. The molecule has 0 saturated heterocycles. The van der Waals surface area contributed by atoms with Gasteiger partial charge < -0.3 is 16.1 Å². The number of carboxylic acid groups (broad SMARTS) is 1. The number of carboxylic acids is 1. The van der Waals surface area contributed by atoms with Gasteiger partial charge >= 0.3 is 12.1 Å². The standard InChI is InChI=1S/C2HF3O2.2H2O/c3-2(4,5)1(6)7;;/h(H,6,7);2*1H2. The third-order valence-corrected chi connectivity index (χ3v) is 0.243. The molecule has 0 aliphatic rings. The van der Waals surface area contributed by atoms with Crippen molar-refractivity contribution in [2.45, 2.75) is 6.18 Å². The van der Waals surface area contributed by atoms with Gasteiger partial charge in [-0.15, -0.1) is 0 Å². The number of aliphatic carboxylic acids is 1. The van der Waals surface area contributed by atoms with Crippen LogP contribution in [0, 0.1) is 0 Å². The Balaban J connectivity index is -0.000000180. The van der Waals surface area contributed by atoms with Crippen molar-refractivity contribution in [3.8, 4) is 0 Å². The number of alkyl halides is 3. The molecule has 0 amide bonds. The largest absolute Gasteiger partial charge is 0.490 e. The molecule has 0 unspecified atom stereocenters. The van der Waals surface area contributed by atoms with Crippen LogP contribution in [-0.2, 0) is 4.79 Å². The fraction of sp³-hybridized carbons (Fsp3) is 0.500. The lowest BCUT2D eigenvalue weighted by Gasteiger charge is -1.93. The van der Waals surface area contributed by atoms with E-state index in [0.717, 1.165) is 0 Å². The van der Waals surface area contributed by atoms with E-state index in [1.54, 1.807) is 0 Å². The molecule has 0 aromatic heterocycles. The zero-order valence-corrected chi connectivity index (χ0v) is 3.99. The second kappa shape index (κ2) is 4.10. The Hall–Kier alpha value is -0.820. The molecule has 0 aromatic rings. The minimum absolute atomic E-state index is 0.